The average molecular weight is 393 g/mol. The summed E-state index contributed by atoms with van der Waals surface area (Å²) in [7, 11) is 1.28. The molecular formula is C20H19N5O4. The first kappa shape index (κ1) is 19.7. The second-order valence-electron chi connectivity index (χ2n) is 6.31. The first-order chi connectivity index (χ1) is 13.9. The third-order valence-corrected chi connectivity index (χ3v) is 4.46. The van der Waals surface area contributed by atoms with Crippen LogP contribution in [-0.2, 0) is 16.0 Å². The minimum absolute atomic E-state index is 0.0125. The van der Waals surface area contributed by atoms with Crippen LogP contribution in [-0.4, -0.2) is 33.8 Å². The molecule has 1 aromatic heterocycles. The summed E-state index contributed by atoms with van der Waals surface area (Å²) in [6.45, 7) is 0. The number of nitrogens with zero attached hydrogens (tertiary/aromatic N) is 2. The molecule has 9 heteroatoms. The highest BCUT2D eigenvalue weighted by atomic mass is 16.6. The smallest absolute Gasteiger partial charge is 0.305 e. The topological polar surface area (TPSA) is 148 Å². The fourth-order valence-corrected chi connectivity index (χ4v) is 2.88. The SMILES string of the molecule is COC(=O)CCc1ccc(-c2ncc(-c3ccc(C(=N)N)cc3)[nH]2)cc1[N+](=O)[O-]. The zero-order valence-corrected chi connectivity index (χ0v) is 15.6. The quantitative estimate of drug-likeness (QED) is 0.185. The van der Waals surface area contributed by atoms with Crippen molar-refractivity contribution in [2.24, 2.45) is 5.73 Å². The number of esters is 1. The molecule has 0 radical (unpaired) electrons. The maximum Gasteiger partial charge on any atom is 0.305 e. The molecule has 148 valence electrons. The van der Waals surface area contributed by atoms with Crippen molar-refractivity contribution in [2.45, 2.75) is 12.8 Å². The number of nitro benzene ring substituents is 1. The predicted octanol–water partition coefficient (Wildman–Crippen LogP) is 3.04. The Morgan fingerprint density at radius 1 is 1.24 bits per heavy atom. The molecule has 1 heterocycles. The number of hydrogen-bond donors (Lipinski definition) is 3. The molecule has 4 N–H and O–H groups in total. The molecule has 3 aromatic rings. The van der Waals surface area contributed by atoms with Gasteiger partial charge in [-0.15, -0.1) is 0 Å². The summed E-state index contributed by atoms with van der Waals surface area (Å²) < 4.78 is 4.59. The molecule has 29 heavy (non-hydrogen) atoms. The highest BCUT2D eigenvalue weighted by molar-refractivity contribution is 5.95. The first-order valence-electron chi connectivity index (χ1n) is 8.73. The lowest BCUT2D eigenvalue weighted by Crippen LogP contribution is -2.10. The summed E-state index contributed by atoms with van der Waals surface area (Å²) in [5.74, 6) is 0.0505. The first-order valence-corrected chi connectivity index (χ1v) is 8.73. The maximum absolute atomic E-state index is 11.5. The maximum atomic E-state index is 11.5. The summed E-state index contributed by atoms with van der Waals surface area (Å²) in [6.07, 6.45) is 1.92. The molecule has 0 spiro atoms. The van der Waals surface area contributed by atoms with Gasteiger partial charge < -0.3 is 15.5 Å². The van der Waals surface area contributed by atoms with E-state index < -0.39 is 10.9 Å². The average Bonchev–Trinajstić information content (AvgIpc) is 3.22. The van der Waals surface area contributed by atoms with Gasteiger partial charge in [-0.25, -0.2) is 4.98 Å². The normalized spacial score (nSPS) is 10.5. The van der Waals surface area contributed by atoms with Gasteiger partial charge in [0.15, 0.2) is 0 Å². The zero-order chi connectivity index (χ0) is 21.0. The second-order valence-corrected chi connectivity index (χ2v) is 6.31. The number of H-pyrrole nitrogens is 1. The Morgan fingerprint density at radius 3 is 2.55 bits per heavy atom. The van der Waals surface area contributed by atoms with Crippen LogP contribution in [0, 0.1) is 15.5 Å². The van der Waals surface area contributed by atoms with Crippen LogP contribution in [0.25, 0.3) is 22.6 Å². The number of rotatable bonds is 7. The Hall–Kier alpha value is -4.01. The van der Waals surface area contributed by atoms with E-state index in [1.54, 1.807) is 30.5 Å². The molecule has 0 saturated heterocycles. The number of hydrogen-bond acceptors (Lipinski definition) is 6. The van der Waals surface area contributed by atoms with Crippen molar-refractivity contribution in [3.05, 3.63) is 69.9 Å². The number of nitrogen functional groups attached to an aromatic ring is 1. The lowest BCUT2D eigenvalue weighted by atomic mass is 10.0. The molecule has 2 aromatic carbocycles. The largest absolute Gasteiger partial charge is 0.469 e. The Balaban J connectivity index is 1.87. The Morgan fingerprint density at radius 2 is 1.93 bits per heavy atom. The molecule has 0 bridgehead atoms. The summed E-state index contributed by atoms with van der Waals surface area (Å²) in [4.78, 5) is 29.8. The van der Waals surface area contributed by atoms with Crippen molar-refractivity contribution in [3.8, 4) is 22.6 Å². The number of aromatic amines is 1. The third-order valence-electron chi connectivity index (χ3n) is 4.46. The minimum Gasteiger partial charge on any atom is -0.469 e. The van der Waals surface area contributed by atoms with E-state index in [0.29, 0.717) is 22.5 Å². The zero-order valence-electron chi connectivity index (χ0n) is 15.6. The van der Waals surface area contributed by atoms with E-state index in [0.717, 1.165) is 11.3 Å². The van der Waals surface area contributed by atoms with Gasteiger partial charge in [0.1, 0.15) is 11.7 Å². The molecule has 0 atom stereocenters. The van der Waals surface area contributed by atoms with Crippen LogP contribution < -0.4 is 5.73 Å². The number of benzene rings is 2. The molecule has 0 fully saturated rings. The number of carbonyl (C=O) groups excluding carboxylic acids is 1. The van der Waals surface area contributed by atoms with E-state index in [4.69, 9.17) is 11.1 Å². The summed E-state index contributed by atoms with van der Waals surface area (Å²) in [6, 6.07) is 11.9. The van der Waals surface area contributed by atoms with Gasteiger partial charge in [-0.1, -0.05) is 36.4 Å². The van der Waals surface area contributed by atoms with E-state index in [2.05, 4.69) is 14.7 Å². The van der Waals surface area contributed by atoms with Crippen LogP contribution in [0.2, 0.25) is 0 Å². The molecule has 0 amide bonds. The molecular weight excluding hydrogens is 374 g/mol. The molecule has 9 nitrogen and oxygen atoms in total. The van der Waals surface area contributed by atoms with Crippen molar-refractivity contribution >= 4 is 17.5 Å². The summed E-state index contributed by atoms with van der Waals surface area (Å²) in [5.41, 5.74) is 8.59. The summed E-state index contributed by atoms with van der Waals surface area (Å²) in [5, 5.41) is 18.9. The molecule has 0 aliphatic rings. The van der Waals surface area contributed by atoms with E-state index in [1.165, 1.54) is 13.2 Å². The number of imidazole rings is 1. The van der Waals surface area contributed by atoms with Gasteiger partial charge in [-0.3, -0.25) is 20.3 Å². The fraction of sp³-hybridized carbons (Fsp3) is 0.150. The highest BCUT2D eigenvalue weighted by Crippen LogP contribution is 2.28. The Kier molecular flexibility index (Phi) is 5.68. The molecule has 0 aliphatic heterocycles. The highest BCUT2D eigenvalue weighted by Gasteiger charge is 2.17. The van der Waals surface area contributed by atoms with Gasteiger partial charge in [-0.2, -0.15) is 0 Å². The van der Waals surface area contributed by atoms with Crippen molar-refractivity contribution in [2.75, 3.05) is 7.11 Å². The number of aromatic nitrogens is 2. The number of nitro groups is 1. The van der Waals surface area contributed by atoms with Gasteiger partial charge in [0.05, 0.1) is 23.9 Å². The van der Waals surface area contributed by atoms with Gasteiger partial charge in [0, 0.05) is 29.2 Å². The lowest BCUT2D eigenvalue weighted by molar-refractivity contribution is -0.385. The monoisotopic (exact) mass is 393 g/mol. The van der Waals surface area contributed by atoms with Gasteiger partial charge >= 0.3 is 5.97 Å². The molecule has 3 rings (SSSR count). The number of ether oxygens (including phenoxy) is 1. The van der Waals surface area contributed by atoms with Crippen LogP contribution in [0.15, 0.2) is 48.7 Å². The van der Waals surface area contributed by atoms with E-state index in [9.17, 15) is 14.9 Å². The Bertz CT molecular complexity index is 1070. The van der Waals surface area contributed by atoms with Crippen molar-refractivity contribution < 1.29 is 14.5 Å². The number of amidine groups is 1. The number of nitrogens with one attached hydrogen (secondary N) is 2. The predicted molar refractivity (Wildman–Crippen MR) is 107 cm³/mol. The van der Waals surface area contributed by atoms with Gasteiger partial charge in [0.2, 0.25) is 0 Å². The molecule has 0 aliphatic carbocycles. The Labute approximate surface area is 166 Å². The van der Waals surface area contributed by atoms with Crippen LogP contribution in [0.4, 0.5) is 5.69 Å². The van der Waals surface area contributed by atoms with Crippen LogP contribution in [0.3, 0.4) is 0 Å². The summed E-state index contributed by atoms with van der Waals surface area (Å²) >= 11 is 0. The van der Waals surface area contributed by atoms with Crippen LogP contribution >= 0.6 is 0 Å². The van der Waals surface area contributed by atoms with E-state index >= 15 is 0 Å². The second kappa shape index (κ2) is 8.34. The van der Waals surface area contributed by atoms with E-state index in [1.807, 2.05) is 12.1 Å². The number of methoxy groups -OCH3 is 1. The molecule has 0 saturated carbocycles. The standard InChI is InChI=1S/C20H19N5O4/c1-29-18(26)9-8-13-4-7-15(10-17(13)25(27)28)20-23-11-16(24-20)12-2-5-14(6-3-12)19(21)22/h2-7,10-11H,8-9H2,1H3,(H3,21,22)(H,23,24). The van der Waals surface area contributed by atoms with Crippen molar-refractivity contribution in [3.63, 3.8) is 0 Å². The lowest BCUT2D eigenvalue weighted by Gasteiger charge is -2.05. The minimum atomic E-state index is -0.472. The van der Waals surface area contributed by atoms with Gasteiger partial charge in [-0.05, 0) is 12.0 Å². The van der Waals surface area contributed by atoms with Crippen molar-refractivity contribution in [1.29, 1.82) is 5.41 Å². The van der Waals surface area contributed by atoms with Crippen LogP contribution in [0.5, 0.6) is 0 Å². The fourth-order valence-electron chi connectivity index (χ4n) is 2.88. The third kappa shape index (κ3) is 4.46. The number of nitrogens with two attached hydrogens (primary N) is 1. The van der Waals surface area contributed by atoms with Gasteiger partial charge in [0.25, 0.3) is 5.69 Å². The van der Waals surface area contributed by atoms with Crippen molar-refractivity contribution in [1.82, 2.24) is 9.97 Å². The number of aryl methyl sites for hydroxylation is 1. The van der Waals surface area contributed by atoms with Crippen LogP contribution in [0.1, 0.15) is 17.5 Å². The van der Waals surface area contributed by atoms with E-state index in [-0.39, 0.29) is 24.4 Å². The number of carbonyl (C=O) groups is 1. The molecule has 0 unspecified atom stereocenters.